The van der Waals surface area contributed by atoms with E-state index in [1.165, 1.54) is 0 Å². The summed E-state index contributed by atoms with van der Waals surface area (Å²) in [6, 6.07) is 13.9. The molecule has 0 spiro atoms. The number of rotatable bonds is 3. The number of hydrogen-bond acceptors (Lipinski definition) is 2. The Kier molecular flexibility index (Phi) is 3.65. The van der Waals surface area contributed by atoms with E-state index in [-0.39, 0.29) is 5.91 Å². The molecule has 1 heterocycles. The van der Waals surface area contributed by atoms with Crippen molar-refractivity contribution in [3.63, 3.8) is 0 Å². The third-order valence-corrected chi connectivity index (χ3v) is 3.93. The average molecular weight is 281 g/mol. The van der Waals surface area contributed by atoms with Gasteiger partial charge in [-0.3, -0.25) is 4.79 Å². The molecule has 3 nitrogen and oxygen atoms in total. The topological polar surface area (TPSA) is 38.3 Å². The predicted molar refractivity (Wildman–Crippen MR) is 83.7 cm³/mol. The molecule has 3 rings (SSSR count). The van der Waals surface area contributed by atoms with E-state index >= 15 is 0 Å². The lowest BCUT2D eigenvalue weighted by Gasteiger charge is -2.16. The number of benzene rings is 2. The first-order valence-electron chi connectivity index (χ1n) is 7.33. The van der Waals surface area contributed by atoms with Gasteiger partial charge in [-0.15, -0.1) is 0 Å². The Bertz CT molecular complexity index is 654. The Morgan fingerprint density at radius 1 is 1.24 bits per heavy atom. The van der Waals surface area contributed by atoms with Gasteiger partial charge in [-0.25, -0.2) is 0 Å². The maximum absolute atomic E-state index is 12.5. The number of fused-ring (bicyclic) bond motifs is 1. The van der Waals surface area contributed by atoms with Gasteiger partial charge < -0.3 is 10.1 Å². The summed E-state index contributed by atoms with van der Waals surface area (Å²) in [7, 11) is 0. The molecule has 2 aromatic rings. The molecule has 0 radical (unpaired) electrons. The molecule has 0 saturated carbocycles. The molecular weight excluding hydrogens is 262 g/mol. The zero-order valence-corrected chi connectivity index (χ0v) is 12.3. The van der Waals surface area contributed by atoms with Gasteiger partial charge in [0.25, 0.3) is 5.91 Å². The fourth-order valence-electron chi connectivity index (χ4n) is 2.73. The smallest absolute Gasteiger partial charge is 0.265 e. The monoisotopic (exact) mass is 281 g/mol. The van der Waals surface area contributed by atoms with Gasteiger partial charge >= 0.3 is 0 Å². The average Bonchev–Trinajstić information content (AvgIpc) is 2.93. The van der Waals surface area contributed by atoms with Crippen molar-refractivity contribution >= 4 is 11.6 Å². The zero-order valence-electron chi connectivity index (χ0n) is 12.3. The van der Waals surface area contributed by atoms with Crippen molar-refractivity contribution in [2.75, 3.05) is 5.32 Å². The molecule has 108 valence electrons. The molecular formula is C18H19NO2. The van der Waals surface area contributed by atoms with Crippen LogP contribution in [0.15, 0.2) is 42.5 Å². The number of carbonyl (C=O) groups excluding carboxylic acids is 1. The van der Waals surface area contributed by atoms with Crippen LogP contribution in [0.5, 0.6) is 5.75 Å². The summed E-state index contributed by atoms with van der Waals surface area (Å²) in [5, 5.41) is 3.04. The molecule has 1 atom stereocenters. The molecule has 3 heteroatoms. The molecule has 0 aromatic heterocycles. The van der Waals surface area contributed by atoms with Crippen LogP contribution in [0.1, 0.15) is 23.6 Å². The first-order chi connectivity index (χ1) is 10.2. The molecule has 21 heavy (non-hydrogen) atoms. The normalized spacial score (nSPS) is 16.2. The van der Waals surface area contributed by atoms with Crippen molar-refractivity contribution in [3.05, 3.63) is 59.2 Å². The quantitative estimate of drug-likeness (QED) is 0.935. The first kappa shape index (κ1) is 13.7. The number of amides is 1. The summed E-state index contributed by atoms with van der Waals surface area (Å²) in [5.41, 5.74) is 4.25. The number of nitrogens with one attached hydrogen (secondary N) is 1. The van der Waals surface area contributed by atoms with Gasteiger partial charge in [-0.1, -0.05) is 43.3 Å². The molecule has 1 N–H and O–H groups in total. The van der Waals surface area contributed by atoms with E-state index < -0.39 is 6.10 Å². The Labute approximate surface area is 124 Å². The molecule has 1 aliphatic rings. The Hall–Kier alpha value is -2.29. The third kappa shape index (κ3) is 2.64. The van der Waals surface area contributed by atoms with Gasteiger partial charge in [0.05, 0.1) is 0 Å². The molecule has 0 saturated heterocycles. The maximum Gasteiger partial charge on any atom is 0.265 e. The third-order valence-electron chi connectivity index (χ3n) is 3.93. The van der Waals surface area contributed by atoms with E-state index in [1.54, 1.807) is 0 Å². The van der Waals surface area contributed by atoms with Crippen LogP contribution in [0.3, 0.4) is 0 Å². The zero-order chi connectivity index (χ0) is 14.8. The number of carbonyl (C=O) groups is 1. The van der Waals surface area contributed by atoms with Gasteiger partial charge in [0.1, 0.15) is 5.75 Å². The molecule has 0 aliphatic carbocycles. The van der Waals surface area contributed by atoms with Crippen molar-refractivity contribution in [2.45, 2.75) is 32.8 Å². The second-order valence-corrected chi connectivity index (χ2v) is 5.37. The van der Waals surface area contributed by atoms with Gasteiger partial charge in [-0.05, 0) is 36.1 Å². The Morgan fingerprint density at radius 2 is 2.05 bits per heavy atom. The van der Waals surface area contributed by atoms with Crippen molar-refractivity contribution in [3.8, 4) is 5.75 Å². The van der Waals surface area contributed by atoms with Gasteiger partial charge in [0.2, 0.25) is 0 Å². The fourth-order valence-corrected chi connectivity index (χ4v) is 2.73. The fraction of sp³-hybridized carbons (Fsp3) is 0.278. The minimum atomic E-state index is -0.438. The summed E-state index contributed by atoms with van der Waals surface area (Å²) in [6.07, 6.45) is 1.09. The minimum Gasteiger partial charge on any atom is -0.480 e. The van der Waals surface area contributed by atoms with Crippen LogP contribution in [0.2, 0.25) is 0 Å². The number of aryl methyl sites for hydroxylation is 2. The number of hydrogen-bond donors (Lipinski definition) is 1. The molecule has 0 fully saturated rings. The molecule has 2 aromatic carbocycles. The standard InChI is InChI=1S/C18H19NO2/c1-3-13-9-6-7-12(2)17(13)19-18(20)16-11-14-8-4-5-10-15(14)21-16/h4-10,16H,3,11H2,1-2H3,(H,19,20)/t16-/m0/s1. The highest BCUT2D eigenvalue weighted by Crippen LogP contribution is 2.29. The van der Waals surface area contributed by atoms with E-state index in [4.69, 9.17) is 4.74 Å². The summed E-state index contributed by atoms with van der Waals surface area (Å²) < 4.78 is 5.74. The van der Waals surface area contributed by atoms with Crippen LogP contribution in [0.25, 0.3) is 0 Å². The second kappa shape index (κ2) is 5.60. The van der Waals surface area contributed by atoms with Gasteiger partial charge in [0.15, 0.2) is 6.10 Å². The maximum atomic E-state index is 12.5. The van der Waals surface area contributed by atoms with Gasteiger partial charge in [0, 0.05) is 12.1 Å². The lowest BCUT2D eigenvalue weighted by atomic mass is 10.0. The van der Waals surface area contributed by atoms with Crippen LogP contribution >= 0.6 is 0 Å². The first-order valence-corrected chi connectivity index (χ1v) is 7.33. The molecule has 0 unspecified atom stereocenters. The lowest BCUT2D eigenvalue weighted by molar-refractivity contribution is -0.122. The number of para-hydroxylation sites is 2. The van der Waals surface area contributed by atoms with E-state index in [0.717, 1.165) is 34.5 Å². The Morgan fingerprint density at radius 3 is 2.81 bits per heavy atom. The molecule has 0 bridgehead atoms. The van der Waals surface area contributed by atoms with E-state index in [9.17, 15) is 4.79 Å². The number of ether oxygens (including phenoxy) is 1. The summed E-state index contributed by atoms with van der Waals surface area (Å²) >= 11 is 0. The highest BCUT2D eigenvalue weighted by Gasteiger charge is 2.29. The van der Waals surface area contributed by atoms with E-state index in [2.05, 4.69) is 12.2 Å². The highest BCUT2D eigenvalue weighted by molar-refractivity contribution is 5.96. The number of anilines is 1. The van der Waals surface area contributed by atoms with Crippen LogP contribution in [-0.4, -0.2) is 12.0 Å². The second-order valence-electron chi connectivity index (χ2n) is 5.37. The van der Waals surface area contributed by atoms with Crippen LogP contribution in [0.4, 0.5) is 5.69 Å². The van der Waals surface area contributed by atoms with E-state index in [0.29, 0.717) is 6.42 Å². The Balaban J connectivity index is 1.77. The summed E-state index contributed by atoms with van der Waals surface area (Å²) in [6.45, 7) is 4.10. The van der Waals surface area contributed by atoms with Crippen molar-refractivity contribution in [1.82, 2.24) is 0 Å². The predicted octanol–water partition coefficient (Wildman–Crippen LogP) is 3.50. The van der Waals surface area contributed by atoms with Crippen molar-refractivity contribution in [1.29, 1.82) is 0 Å². The summed E-state index contributed by atoms with van der Waals surface area (Å²) in [4.78, 5) is 12.5. The van der Waals surface area contributed by atoms with Crippen LogP contribution in [-0.2, 0) is 17.6 Å². The molecule has 1 amide bonds. The lowest BCUT2D eigenvalue weighted by Crippen LogP contribution is -2.32. The van der Waals surface area contributed by atoms with Crippen LogP contribution in [0, 0.1) is 6.92 Å². The minimum absolute atomic E-state index is 0.0739. The summed E-state index contributed by atoms with van der Waals surface area (Å²) in [5.74, 6) is 0.744. The molecule has 1 aliphatic heterocycles. The largest absolute Gasteiger partial charge is 0.480 e. The van der Waals surface area contributed by atoms with Gasteiger partial charge in [-0.2, -0.15) is 0 Å². The van der Waals surface area contributed by atoms with Crippen molar-refractivity contribution in [2.24, 2.45) is 0 Å². The van der Waals surface area contributed by atoms with Crippen molar-refractivity contribution < 1.29 is 9.53 Å². The highest BCUT2D eigenvalue weighted by atomic mass is 16.5. The SMILES string of the molecule is CCc1cccc(C)c1NC(=O)[C@@H]1Cc2ccccc2O1. The van der Waals surface area contributed by atoms with E-state index in [1.807, 2.05) is 49.4 Å². The van der Waals surface area contributed by atoms with Crippen LogP contribution < -0.4 is 10.1 Å².